The molecule has 134 valence electrons. The average molecular weight is 383 g/mol. The zero-order valence-electron chi connectivity index (χ0n) is 14.0. The fourth-order valence-electron chi connectivity index (χ4n) is 2.39. The van der Waals surface area contributed by atoms with Gasteiger partial charge in [-0.25, -0.2) is 4.68 Å². The Kier molecular flexibility index (Phi) is 5.77. The molecule has 1 unspecified atom stereocenters. The van der Waals surface area contributed by atoms with Crippen LogP contribution in [0.2, 0.25) is 5.15 Å². The highest BCUT2D eigenvalue weighted by Gasteiger charge is 2.25. The van der Waals surface area contributed by atoms with E-state index in [0.29, 0.717) is 11.4 Å². The molecule has 0 bridgehead atoms. The Bertz CT molecular complexity index is 847. The SMILES string of the molecule is CC(C[SH](C)(=O)NC#N)C(=O)N(C)c1cn(-c2cccnc2)nc1Cl. The van der Waals surface area contributed by atoms with Gasteiger partial charge < -0.3 is 4.90 Å². The van der Waals surface area contributed by atoms with E-state index >= 15 is 0 Å². The van der Waals surface area contributed by atoms with Crippen LogP contribution in [0.5, 0.6) is 0 Å². The monoisotopic (exact) mass is 382 g/mol. The molecule has 8 nitrogen and oxygen atoms in total. The maximum atomic E-state index is 12.6. The summed E-state index contributed by atoms with van der Waals surface area (Å²) in [6.45, 7) is 1.66. The number of nitriles is 1. The summed E-state index contributed by atoms with van der Waals surface area (Å²) < 4.78 is 16.0. The lowest BCUT2D eigenvalue weighted by Crippen LogP contribution is -2.39. The van der Waals surface area contributed by atoms with Gasteiger partial charge in [-0.3, -0.25) is 18.7 Å². The van der Waals surface area contributed by atoms with E-state index < -0.39 is 16.0 Å². The van der Waals surface area contributed by atoms with Gasteiger partial charge in [0.25, 0.3) is 0 Å². The smallest absolute Gasteiger partial charge is 0.230 e. The van der Waals surface area contributed by atoms with Crippen molar-refractivity contribution < 1.29 is 9.00 Å². The Labute approximate surface area is 152 Å². The summed E-state index contributed by atoms with van der Waals surface area (Å²) in [5.41, 5.74) is 1.14. The molecule has 2 rings (SSSR count). The molecule has 2 heterocycles. The fraction of sp³-hybridized carbons (Fsp3) is 0.333. The first-order valence-corrected chi connectivity index (χ1v) is 10.1. The van der Waals surface area contributed by atoms with Crippen LogP contribution in [0.1, 0.15) is 6.92 Å². The van der Waals surface area contributed by atoms with E-state index in [0.717, 1.165) is 0 Å². The van der Waals surface area contributed by atoms with Gasteiger partial charge in [-0.05, 0) is 22.3 Å². The first-order valence-electron chi connectivity index (χ1n) is 7.41. The minimum absolute atomic E-state index is 0.0676. The second kappa shape index (κ2) is 7.63. The molecule has 0 aliphatic heterocycles. The van der Waals surface area contributed by atoms with Crippen LogP contribution in [0, 0.1) is 17.4 Å². The van der Waals surface area contributed by atoms with Crippen LogP contribution in [-0.4, -0.2) is 43.9 Å². The molecule has 0 fully saturated rings. The number of amides is 1. The molecule has 2 aromatic rings. The molecule has 0 spiro atoms. The van der Waals surface area contributed by atoms with Gasteiger partial charge >= 0.3 is 0 Å². The van der Waals surface area contributed by atoms with Crippen LogP contribution >= 0.6 is 11.6 Å². The van der Waals surface area contributed by atoms with Crippen LogP contribution in [0.3, 0.4) is 0 Å². The number of hydrogen-bond donors (Lipinski definition) is 2. The van der Waals surface area contributed by atoms with Crippen molar-refractivity contribution in [2.75, 3.05) is 24.0 Å². The van der Waals surface area contributed by atoms with Gasteiger partial charge in [0, 0.05) is 31.2 Å². The summed E-state index contributed by atoms with van der Waals surface area (Å²) in [7, 11) is -1.33. The van der Waals surface area contributed by atoms with Crippen molar-refractivity contribution in [2.45, 2.75) is 6.92 Å². The molecule has 1 N–H and O–H groups in total. The van der Waals surface area contributed by atoms with Crippen molar-refractivity contribution in [3.05, 3.63) is 35.9 Å². The van der Waals surface area contributed by atoms with Crippen molar-refractivity contribution in [2.24, 2.45) is 5.92 Å². The Morgan fingerprint density at radius 2 is 2.32 bits per heavy atom. The highest BCUT2D eigenvalue weighted by Crippen LogP contribution is 2.26. The van der Waals surface area contributed by atoms with Crippen LogP contribution in [0.4, 0.5) is 5.69 Å². The van der Waals surface area contributed by atoms with Crippen LogP contribution in [-0.2, 0) is 14.9 Å². The molecular weight excluding hydrogens is 364 g/mol. The lowest BCUT2D eigenvalue weighted by molar-refractivity contribution is -0.121. The molecular formula is C15H19ClN6O2S. The normalized spacial score (nSPS) is 12.9. The van der Waals surface area contributed by atoms with E-state index in [1.165, 1.54) is 15.8 Å². The second-order valence-electron chi connectivity index (χ2n) is 5.77. The fourth-order valence-corrected chi connectivity index (χ4v) is 4.15. The van der Waals surface area contributed by atoms with Gasteiger partial charge in [0.1, 0.15) is 5.69 Å². The summed E-state index contributed by atoms with van der Waals surface area (Å²) in [6.07, 6.45) is 8.00. The third-order valence-electron chi connectivity index (χ3n) is 3.58. The lowest BCUT2D eigenvalue weighted by Gasteiger charge is -2.24. The van der Waals surface area contributed by atoms with Crippen molar-refractivity contribution in [3.63, 3.8) is 0 Å². The average Bonchev–Trinajstić information content (AvgIpc) is 2.95. The molecule has 0 aliphatic carbocycles. The summed E-state index contributed by atoms with van der Waals surface area (Å²) in [4.78, 5) is 18.0. The second-order valence-corrected chi connectivity index (χ2v) is 8.91. The lowest BCUT2D eigenvalue weighted by atomic mass is 10.2. The van der Waals surface area contributed by atoms with Gasteiger partial charge in [0.15, 0.2) is 11.3 Å². The summed E-state index contributed by atoms with van der Waals surface area (Å²) in [5, 5.41) is 13.0. The molecule has 1 amide bonds. The molecule has 1 atom stereocenters. The van der Waals surface area contributed by atoms with E-state index in [1.54, 1.807) is 44.8 Å². The van der Waals surface area contributed by atoms with E-state index in [-0.39, 0.29) is 16.8 Å². The predicted octanol–water partition coefficient (Wildman–Crippen LogP) is 1.15. The Morgan fingerprint density at radius 3 is 2.92 bits per heavy atom. The van der Waals surface area contributed by atoms with Gasteiger partial charge in [0.05, 0.1) is 18.1 Å². The topological polar surface area (TPSA) is 104 Å². The van der Waals surface area contributed by atoms with Gasteiger partial charge in [-0.15, -0.1) is 0 Å². The van der Waals surface area contributed by atoms with E-state index in [9.17, 15) is 9.00 Å². The van der Waals surface area contributed by atoms with Crippen LogP contribution in [0.25, 0.3) is 5.69 Å². The van der Waals surface area contributed by atoms with Crippen molar-refractivity contribution in [1.82, 2.24) is 19.5 Å². The number of hydrogen-bond acceptors (Lipinski definition) is 5. The molecule has 2 aromatic heterocycles. The molecule has 10 heteroatoms. The van der Waals surface area contributed by atoms with Gasteiger partial charge in [-0.2, -0.15) is 10.4 Å². The maximum Gasteiger partial charge on any atom is 0.230 e. The number of carbonyl (C=O) groups is 1. The number of rotatable bonds is 6. The minimum Gasteiger partial charge on any atom is -0.311 e. The number of pyridine rings is 1. The number of carbonyl (C=O) groups excluding carboxylic acids is 1. The molecule has 0 saturated carbocycles. The number of anilines is 1. The van der Waals surface area contributed by atoms with Crippen LogP contribution in [0.15, 0.2) is 30.7 Å². The number of nitrogens with one attached hydrogen (secondary N) is 1. The summed E-state index contributed by atoms with van der Waals surface area (Å²) >= 11 is 6.16. The summed E-state index contributed by atoms with van der Waals surface area (Å²) in [6, 6.07) is 3.58. The maximum absolute atomic E-state index is 12.6. The zero-order chi connectivity index (χ0) is 18.6. The standard InChI is InChI=1S/C15H19ClN6O2S/c1-11(9-25(3,24)19-10-17)15(23)21(2)13-8-22(20-14(13)16)12-5-4-6-18-7-12/h4-8,11,25H,9H2,1-3H3,(H,19,24). The molecule has 25 heavy (non-hydrogen) atoms. The highest BCUT2D eigenvalue weighted by molar-refractivity contribution is 8.00. The third-order valence-corrected chi connectivity index (χ3v) is 5.67. The molecule has 0 aromatic carbocycles. The predicted molar refractivity (Wildman–Crippen MR) is 98.0 cm³/mol. The van der Waals surface area contributed by atoms with E-state index in [4.69, 9.17) is 16.9 Å². The molecule has 0 aliphatic rings. The summed E-state index contributed by atoms with van der Waals surface area (Å²) in [5.74, 6) is -0.757. The van der Waals surface area contributed by atoms with Crippen LogP contribution < -0.4 is 9.62 Å². The number of thiol groups is 1. The largest absolute Gasteiger partial charge is 0.311 e. The number of aromatic nitrogens is 3. The number of nitrogens with zero attached hydrogens (tertiary/aromatic N) is 5. The van der Waals surface area contributed by atoms with Crippen molar-refractivity contribution in [3.8, 4) is 11.9 Å². The molecule has 0 saturated heterocycles. The Hall–Kier alpha value is -2.44. The quantitative estimate of drug-likeness (QED) is 0.443. The van der Waals surface area contributed by atoms with Crippen molar-refractivity contribution >= 4 is 33.3 Å². The van der Waals surface area contributed by atoms with E-state index in [1.807, 2.05) is 6.07 Å². The third kappa shape index (κ3) is 4.55. The Morgan fingerprint density at radius 1 is 1.60 bits per heavy atom. The minimum atomic E-state index is -2.91. The highest BCUT2D eigenvalue weighted by atomic mass is 35.5. The van der Waals surface area contributed by atoms with Gasteiger partial charge in [-0.1, -0.05) is 18.5 Å². The van der Waals surface area contributed by atoms with Gasteiger partial charge in [0.2, 0.25) is 5.91 Å². The Balaban J connectivity index is 2.19. The number of halogens is 1. The zero-order valence-corrected chi connectivity index (χ0v) is 15.7. The molecule has 0 radical (unpaired) electrons. The van der Waals surface area contributed by atoms with Crippen molar-refractivity contribution in [1.29, 1.82) is 5.26 Å². The first kappa shape index (κ1) is 18.9. The van der Waals surface area contributed by atoms with E-state index in [2.05, 4.69) is 14.8 Å². The first-order chi connectivity index (χ1) is 11.7.